The van der Waals surface area contributed by atoms with E-state index in [1.54, 1.807) is 0 Å². The number of carbonyl (C=O) groups is 2. The molecule has 0 heterocycles. The van der Waals surface area contributed by atoms with Crippen molar-refractivity contribution in [1.82, 2.24) is 0 Å². The van der Waals surface area contributed by atoms with Gasteiger partial charge in [-0.2, -0.15) is 5.10 Å². The number of nitrogens with one attached hydrogen (secondary N) is 3. The van der Waals surface area contributed by atoms with Crippen LogP contribution in [0.15, 0.2) is 59.7 Å². The number of hydrogen-bond acceptors (Lipinski definition) is 6. The van der Waals surface area contributed by atoms with Crippen LogP contribution in [0.3, 0.4) is 0 Å². The molecule has 36 heavy (non-hydrogen) atoms. The lowest BCUT2D eigenvalue weighted by molar-refractivity contribution is -0.110. The van der Waals surface area contributed by atoms with Crippen molar-refractivity contribution in [3.63, 3.8) is 0 Å². The number of carboxylic acid groups (broad SMARTS) is 1. The fourth-order valence-electron chi connectivity index (χ4n) is 4.15. The van der Waals surface area contributed by atoms with E-state index >= 15 is 0 Å². The molecule has 0 unspecified atom stereocenters. The topological polar surface area (TPSA) is 135 Å². The number of aromatic carboxylic acids is 1. The van der Waals surface area contributed by atoms with Gasteiger partial charge in [0, 0.05) is 17.3 Å². The van der Waals surface area contributed by atoms with Crippen molar-refractivity contribution in [2.75, 3.05) is 10.7 Å². The summed E-state index contributed by atoms with van der Waals surface area (Å²) in [4.78, 5) is 24.2. The zero-order valence-electron chi connectivity index (χ0n) is 19.6. The lowest BCUT2D eigenvalue weighted by Gasteiger charge is -2.17. The lowest BCUT2D eigenvalue weighted by atomic mass is 9.91. The highest BCUT2D eigenvalue weighted by Gasteiger charge is 2.18. The third kappa shape index (κ3) is 5.41. The van der Waals surface area contributed by atoms with Gasteiger partial charge in [0.15, 0.2) is 5.71 Å². The summed E-state index contributed by atoms with van der Waals surface area (Å²) in [6, 6.07) is 13.5. The van der Waals surface area contributed by atoms with Gasteiger partial charge in [0.25, 0.3) is 5.91 Å². The Morgan fingerprint density at radius 2 is 1.78 bits per heavy atom. The number of halogens is 1. The fourth-order valence-corrected chi connectivity index (χ4v) is 4.15. The van der Waals surface area contributed by atoms with Crippen molar-refractivity contribution < 1.29 is 24.2 Å². The van der Waals surface area contributed by atoms with Crippen molar-refractivity contribution in [2.45, 2.75) is 32.6 Å². The molecule has 1 aliphatic carbocycles. The largest absolute Gasteiger partial charge is 0.505 e. The van der Waals surface area contributed by atoms with Crippen molar-refractivity contribution in [1.29, 1.82) is 5.41 Å². The number of phenolic OH excluding ortho intramolecular Hbond substituents is 1. The van der Waals surface area contributed by atoms with Gasteiger partial charge in [-0.1, -0.05) is 18.2 Å². The molecule has 5 N–H and O–H groups in total. The number of carbonyl (C=O) groups excluding carboxylic acids is 1. The molecule has 9 heteroatoms. The highest BCUT2D eigenvalue weighted by molar-refractivity contribution is 6.67. The molecule has 0 bridgehead atoms. The quantitative estimate of drug-likeness (QED) is 0.177. The van der Waals surface area contributed by atoms with Crippen molar-refractivity contribution in [3.8, 4) is 16.9 Å². The molecule has 0 aliphatic heterocycles. The Hall–Kier alpha value is -4.53. The molecule has 0 fully saturated rings. The van der Waals surface area contributed by atoms with Crippen LogP contribution in [0.2, 0.25) is 0 Å². The first-order valence-corrected chi connectivity index (χ1v) is 11.4. The molecule has 4 rings (SSSR count). The fraction of sp³-hybridized carbons (Fsp3) is 0.185. The summed E-state index contributed by atoms with van der Waals surface area (Å²) in [5.41, 5.74) is 5.30. The Morgan fingerprint density at radius 3 is 2.50 bits per heavy atom. The van der Waals surface area contributed by atoms with Gasteiger partial charge >= 0.3 is 5.97 Å². The first-order chi connectivity index (χ1) is 17.2. The molecule has 184 valence electrons. The molecule has 8 nitrogen and oxygen atoms in total. The van der Waals surface area contributed by atoms with Gasteiger partial charge in [-0.25, -0.2) is 9.18 Å². The number of fused-ring (bicyclic) bond motifs is 1. The zero-order chi connectivity index (χ0) is 25.8. The predicted octanol–water partition coefficient (Wildman–Crippen LogP) is 5.22. The molecule has 0 saturated heterocycles. The van der Waals surface area contributed by atoms with Crippen LogP contribution in [0.25, 0.3) is 11.1 Å². The Kier molecular flexibility index (Phi) is 7.10. The first kappa shape index (κ1) is 24.6. The maximum Gasteiger partial charge on any atom is 0.335 e. The van der Waals surface area contributed by atoms with Gasteiger partial charge in [-0.3, -0.25) is 10.2 Å². The van der Waals surface area contributed by atoms with Crippen LogP contribution in [0.5, 0.6) is 5.75 Å². The van der Waals surface area contributed by atoms with E-state index in [0.717, 1.165) is 37.8 Å². The molecule has 0 atom stereocenters. The molecular formula is C27H25FN4O4. The smallest absolute Gasteiger partial charge is 0.335 e. The van der Waals surface area contributed by atoms with Crippen LogP contribution in [0.1, 0.15) is 41.3 Å². The molecule has 1 amide bonds. The number of aromatic hydroxyl groups is 1. The van der Waals surface area contributed by atoms with Crippen LogP contribution < -0.4 is 10.7 Å². The SMILES string of the molecule is CC(=N)/C(=N/Nc1cc(F)cc(-c2cccc(C(=O)O)c2)c1O)C(=O)Nc1ccc2c(c1)CCCC2. The van der Waals surface area contributed by atoms with Crippen LogP contribution in [0, 0.1) is 11.2 Å². The second-order valence-electron chi connectivity index (χ2n) is 8.58. The minimum atomic E-state index is -1.16. The Labute approximate surface area is 207 Å². The summed E-state index contributed by atoms with van der Waals surface area (Å²) in [7, 11) is 0. The van der Waals surface area contributed by atoms with E-state index < -0.39 is 17.7 Å². The van der Waals surface area contributed by atoms with E-state index in [-0.39, 0.29) is 39.6 Å². The van der Waals surface area contributed by atoms with E-state index in [1.807, 2.05) is 18.2 Å². The predicted molar refractivity (Wildman–Crippen MR) is 137 cm³/mol. The van der Waals surface area contributed by atoms with Crippen LogP contribution >= 0.6 is 0 Å². The van der Waals surface area contributed by atoms with Gasteiger partial charge in [0.05, 0.1) is 11.3 Å². The first-order valence-electron chi connectivity index (χ1n) is 11.4. The molecule has 0 spiro atoms. The van der Waals surface area contributed by atoms with E-state index in [4.69, 9.17) is 5.41 Å². The third-order valence-corrected chi connectivity index (χ3v) is 5.96. The monoisotopic (exact) mass is 488 g/mol. The number of benzene rings is 3. The Bertz CT molecular complexity index is 1400. The molecule has 1 aliphatic rings. The second-order valence-corrected chi connectivity index (χ2v) is 8.58. The Morgan fingerprint density at radius 1 is 1.03 bits per heavy atom. The van der Waals surface area contributed by atoms with Gasteiger partial charge in [-0.05, 0) is 79.6 Å². The van der Waals surface area contributed by atoms with Crippen LogP contribution in [-0.4, -0.2) is 33.5 Å². The molecule has 0 aromatic heterocycles. The van der Waals surface area contributed by atoms with Gasteiger partial charge in [0.1, 0.15) is 17.3 Å². The number of amides is 1. The van der Waals surface area contributed by atoms with Crippen molar-refractivity contribution in [2.24, 2.45) is 5.10 Å². The third-order valence-electron chi connectivity index (χ3n) is 5.96. The molecular weight excluding hydrogens is 463 g/mol. The number of anilines is 2. The molecule has 3 aromatic carbocycles. The van der Waals surface area contributed by atoms with Crippen molar-refractivity contribution in [3.05, 3.63) is 77.1 Å². The van der Waals surface area contributed by atoms with Crippen LogP contribution in [0.4, 0.5) is 15.8 Å². The summed E-state index contributed by atoms with van der Waals surface area (Å²) >= 11 is 0. The molecule has 0 radical (unpaired) electrons. The van der Waals surface area contributed by atoms with E-state index in [9.17, 15) is 24.2 Å². The van der Waals surface area contributed by atoms with Gasteiger partial charge < -0.3 is 20.9 Å². The maximum atomic E-state index is 14.4. The standard InChI is InChI=1S/C27H25FN4O4/c1-15(29)24(26(34)30-21-10-9-16-5-2-3-6-17(16)12-21)32-31-23-14-20(28)13-22(25(23)33)18-7-4-8-19(11-18)27(35)36/h4,7-14,29,31,33H,2-3,5-6H2,1H3,(H,30,34)(H,35,36)/b29-15?,32-24-. The lowest BCUT2D eigenvalue weighted by Crippen LogP contribution is -2.29. The summed E-state index contributed by atoms with van der Waals surface area (Å²) in [5.74, 6) is -2.89. The Balaban J connectivity index is 1.59. The highest BCUT2D eigenvalue weighted by Crippen LogP contribution is 2.37. The minimum absolute atomic E-state index is 0.0238. The number of nitrogens with zero attached hydrogens (tertiary/aromatic N) is 1. The average Bonchev–Trinajstić information content (AvgIpc) is 2.85. The summed E-state index contributed by atoms with van der Waals surface area (Å²) < 4.78 is 14.4. The molecule has 3 aromatic rings. The van der Waals surface area contributed by atoms with Gasteiger partial charge in [0.2, 0.25) is 0 Å². The number of hydrogen-bond donors (Lipinski definition) is 5. The number of hydrazone groups is 1. The number of rotatable bonds is 7. The number of carboxylic acids is 1. The molecule has 0 saturated carbocycles. The summed E-state index contributed by atoms with van der Waals surface area (Å²) in [5, 5.41) is 34.7. The van der Waals surface area contributed by atoms with E-state index in [1.165, 1.54) is 42.3 Å². The normalized spacial score (nSPS) is 13.0. The van der Waals surface area contributed by atoms with Crippen LogP contribution in [-0.2, 0) is 17.6 Å². The maximum absolute atomic E-state index is 14.4. The highest BCUT2D eigenvalue weighted by atomic mass is 19.1. The van der Waals surface area contributed by atoms with E-state index in [2.05, 4.69) is 15.8 Å². The van der Waals surface area contributed by atoms with Crippen molar-refractivity contribution >= 4 is 34.7 Å². The summed E-state index contributed by atoms with van der Waals surface area (Å²) in [6.45, 7) is 1.39. The average molecular weight is 489 g/mol. The van der Waals surface area contributed by atoms with E-state index in [0.29, 0.717) is 5.69 Å². The zero-order valence-corrected chi connectivity index (χ0v) is 19.6. The van der Waals surface area contributed by atoms with Gasteiger partial charge in [-0.15, -0.1) is 0 Å². The second kappa shape index (κ2) is 10.4. The number of aryl methyl sites for hydroxylation is 2. The summed E-state index contributed by atoms with van der Waals surface area (Å²) in [6.07, 6.45) is 4.20. The number of phenols is 1. The minimum Gasteiger partial charge on any atom is -0.505 e.